The molecule has 0 amide bonds. The van der Waals surface area contributed by atoms with Crippen LogP contribution in [0.3, 0.4) is 0 Å². The molecule has 2 aliphatic heterocycles. The molecule has 0 radical (unpaired) electrons. The predicted molar refractivity (Wildman–Crippen MR) is 109 cm³/mol. The molecular weight excluding hydrogens is 370 g/mol. The lowest BCUT2D eigenvalue weighted by Crippen LogP contribution is -2.21. The molecule has 27 heavy (non-hydrogen) atoms. The van der Waals surface area contributed by atoms with Crippen molar-refractivity contribution in [3.05, 3.63) is 30.0 Å². The van der Waals surface area contributed by atoms with E-state index in [1.165, 1.54) is 62.3 Å². The maximum Gasteiger partial charge on any atom is 0.342 e. The number of aromatic amines is 1. The van der Waals surface area contributed by atoms with Gasteiger partial charge in [-0.15, -0.1) is 0 Å². The van der Waals surface area contributed by atoms with Gasteiger partial charge < -0.3 is 20.1 Å². The second kappa shape index (κ2) is 12.2. The van der Waals surface area contributed by atoms with Crippen LogP contribution in [0.1, 0.15) is 37.7 Å². The average Bonchev–Trinajstić information content (AvgIpc) is 3.31. The minimum Gasteiger partial charge on any atom is -0.508 e. The third kappa shape index (κ3) is 8.49. The summed E-state index contributed by atoms with van der Waals surface area (Å²) in [5.41, 5.74) is 2.42. The number of alkyl halides is 2. The van der Waals surface area contributed by atoms with Crippen LogP contribution in [-0.4, -0.2) is 57.8 Å². The summed E-state index contributed by atoms with van der Waals surface area (Å²) in [5, 5.41) is 17.4. The molecule has 7 heteroatoms. The third-order valence-corrected chi connectivity index (χ3v) is 5.88. The summed E-state index contributed by atoms with van der Waals surface area (Å²) in [5.74, 6) is 3.18. The Labute approximate surface area is 164 Å². The number of nitrogens with zero attached hydrogens (tertiary/aromatic N) is 1. The fourth-order valence-electron chi connectivity index (χ4n) is 3.35. The second-order valence-electron chi connectivity index (χ2n) is 6.79. The Morgan fingerprint density at radius 3 is 2.30 bits per heavy atom. The normalized spacial score (nSPS) is 17.3. The van der Waals surface area contributed by atoms with Crippen LogP contribution in [0.25, 0.3) is 10.9 Å². The van der Waals surface area contributed by atoms with Gasteiger partial charge in [-0.3, -0.25) is 0 Å². The highest BCUT2D eigenvalue weighted by Gasteiger charge is 2.12. The molecule has 2 saturated heterocycles. The van der Waals surface area contributed by atoms with Crippen molar-refractivity contribution in [3.8, 4) is 5.75 Å². The summed E-state index contributed by atoms with van der Waals surface area (Å²) in [6.45, 7) is 0.448. The van der Waals surface area contributed by atoms with Gasteiger partial charge >= 0.3 is 6.61 Å². The summed E-state index contributed by atoms with van der Waals surface area (Å²) in [7, 11) is 0. The van der Waals surface area contributed by atoms with Gasteiger partial charge in [-0.2, -0.15) is 20.5 Å². The molecule has 3 N–H and O–H groups in total. The van der Waals surface area contributed by atoms with E-state index >= 15 is 0 Å². The number of H-pyrrole nitrogens is 1. The molecule has 3 heterocycles. The molecule has 2 fully saturated rings. The first kappa shape index (κ1) is 22.0. The summed E-state index contributed by atoms with van der Waals surface area (Å²) in [4.78, 5) is 5.78. The van der Waals surface area contributed by atoms with Gasteiger partial charge in [0.1, 0.15) is 5.75 Å². The van der Waals surface area contributed by atoms with Crippen LogP contribution in [0.4, 0.5) is 8.78 Å². The number of aliphatic hydroxyl groups is 1. The smallest absolute Gasteiger partial charge is 0.342 e. The van der Waals surface area contributed by atoms with E-state index in [2.05, 4.69) is 27.8 Å². The van der Waals surface area contributed by atoms with E-state index in [4.69, 9.17) is 5.11 Å². The Morgan fingerprint density at radius 2 is 1.74 bits per heavy atom. The molecule has 152 valence electrons. The number of phenols is 1. The van der Waals surface area contributed by atoms with Crippen molar-refractivity contribution in [1.82, 2.24) is 9.88 Å². The Kier molecular flexibility index (Phi) is 9.94. The number of hydrogen-bond acceptors (Lipinski definition) is 4. The molecule has 4 nitrogen and oxygen atoms in total. The van der Waals surface area contributed by atoms with Crippen LogP contribution in [0.5, 0.6) is 5.75 Å². The molecule has 0 unspecified atom stereocenters. The first-order valence-corrected chi connectivity index (χ1v) is 10.8. The monoisotopic (exact) mass is 400 g/mol. The highest BCUT2D eigenvalue weighted by molar-refractivity contribution is 7.99. The van der Waals surface area contributed by atoms with Gasteiger partial charge in [0.25, 0.3) is 0 Å². The Bertz CT molecular complexity index is 642. The fraction of sp³-hybridized carbons (Fsp3) is 0.600. The molecule has 0 bridgehead atoms. The number of aliphatic hydroxyl groups excluding tert-OH is 1. The average molecular weight is 401 g/mol. The van der Waals surface area contributed by atoms with Gasteiger partial charge in [-0.1, -0.05) is 6.42 Å². The number of likely N-dealkylation sites (tertiary alicyclic amines) is 1. The van der Waals surface area contributed by atoms with Gasteiger partial charge in [0.15, 0.2) is 0 Å². The lowest BCUT2D eigenvalue weighted by molar-refractivity contribution is -0.0728. The summed E-state index contributed by atoms with van der Waals surface area (Å²) < 4.78 is 19.8. The van der Waals surface area contributed by atoms with Crippen molar-refractivity contribution in [2.24, 2.45) is 0 Å². The number of hydrogen-bond donors (Lipinski definition) is 3. The molecule has 1 aromatic carbocycles. The van der Waals surface area contributed by atoms with Crippen LogP contribution in [0.2, 0.25) is 0 Å². The predicted octanol–water partition coefficient (Wildman–Crippen LogP) is 4.62. The van der Waals surface area contributed by atoms with Crippen molar-refractivity contribution < 1.29 is 19.0 Å². The van der Waals surface area contributed by atoms with Gasteiger partial charge in [-0.25, -0.2) is 0 Å². The number of benzene rings is 1. The number of phenolic OH excluding ortho intramolecular Hbond substituents is 1. The van der Waals surface area contributed by atoms with E-state index in [-0.39, 0.29) is 0 Å². The topological polar surface area (TPSA) is 59.5 Å². The van der Waals surface area contributed by atoms with E-state index in [1.54, 1.807) is 6.07 Å². The number of fused-ring (bicyclic) bond motifs is 1. The van der Waals surface area contributed by atoms with E-state index in [0.717, 1.165) is 23.9 Å². The molecule has 0 saturated carbocycles. The van der Waals surface area contributed by atoms with Gasteiger partial charge in [0.05, 0.1) is 0 Å². The minimum atomic E-state index is -3.17. The van der Waals surface area contributed by atoms with Crippen molar-refractivity contribution in [2.45, 2.75) is 45.1 Å². The van der Waals surface area contributed by atoms with E-state index in [1.807, 2.05) is 12.1 Å². The maximum absolute atomic E-state index is 9.89. The van der Waals surface area contributed by atoms with Crippen LogP contribution >= 0.6 is 11.8 Å². The highest BCUT2D eigenvalue weighted by Crippen LogP contribution is 2.23. The Morgan fingerprint density at radius 1 is 1.07 bits per heavy atom. The largest absolute Gasteiger partial charge is 0.508 e. The fourth-order valence-corrected chi connectivity index (χ4v) is 4.37. The minimum absolute atomic E-state index is 0.347. The first-order valence-electron chi connectivity index (χ1n) is 9.61. The zero-order chi connectivity index (χ0) is 19.5. The maximum atomic E-state index is 9.89. The lowest BCUT2D eigenvalue weighted by Gasteiger charge is -2.13. The van der Waals surface area contributed by atoms with E-state index in [9.17, 15) is 13.9 Å². The highest BCUT2D eigenvalue weighted by atomic mass is 32.2. The van der Waals surface area contributed by atoms with Crippen molar-refractivity contribution in [3.63, 3.8) is 0 Å². The molecule has 0 aliphatic carbocycles. The standard InChI is InChI=1S/C14H18N2O.C5H10S.CH2F2O/c17-12-3-4-14-13(9-12)11(10-15-14)5-8-16-6-1-2-7-16;1-2-4-6-5-3-1;2-1(3)4/h3-4,9-10,15,17H,1-2,5-8H2;1-5H2;1,4H. The molecule has 2 aromatic rings. The summed E-state index contributed by atoms with van der Waals surface area (Å²) >= 11 is 2.09. The third-order valence-electron chi connectivity index (χ3n) is 4.72. The van der Waals surface area contributed by atoms with Crippen LogP contribution < -0.4 is 0 Å². The number of halogens is 2. The molecule has 4 rings (SSSR count). The summed E-state index contributed by atoms with van der Waals surface area (Å²) in [6, 6.07) is 5.51. The molecule has 1 aromatic heterocycles. The Balaban J connectivity index is 0.000000216. The van der Waals surface area contributed by atoms with Crippen molar-refractivity contribution >= 4 is 22.7 Å². The number of nitrogens with one attached hydrogen (secondary N) is 1. The quantitative estimate of drug-likeness (QED) is 0.704. The second-order valence-corrected chi connectivity index (χ2v) is 8.02. The van der Waals surface area contributed by atoms with Gasteiger partial charge in [-0.05, 0) is 80.5 Å². The van der Waals surface area contributed by atoms with Gasteiger partial charge in [0, 0.05) is 23.6 Å². The molecule has 0 spiro atoms. The number of aromatic hydroxyl groups is 1. The lowest BCUT2D eigenvalue weighted by atomic mass is 10.1. The molecule has 2 aliphatic rings. The van der Waals surface area contributed by atoms with Crippen LogP contribution in [0, 0.1) is 0 Å². The Hall–Kier alpha value is -1.31. The summed E-state index contributed by atoms with van der Waals surface area (Å²) in [6.07, 6.45) is 10.2. The first-order chi connectivity index (χ1) is 13.1. The number of aromatic nitrogens is 1. The number of thioether (sulfide) groups is 1. The van der Waals surface area contributed by atoms with E-state index < -0.39 is 6.61 Å². The molecular formula is C20H30F2N2O2S. The van der Waals surface area contributed by atoms with Crippen molar-refractivity contribution in [1.29, 1.82) is 0 Å². The molecule has 0 atom stereocenters. The van der Waals surface area contributed by atoms with Crippen LogP contribution in [0.15, 0.2) is 24.4 Å². The zero-order valence-electron chi connectivity index (χ0n) is 15.7. The number of rotatable bonds is 3. The van der Waals surface area contributed by atoms with Crippen LogP contribution in [-0.2, 0) is 6.42 Å². The van der Waals surface area contributed by atoms with E-state index in [0.29, 0.717) is 5.75 Å². The SMILES string of the molecule is C1CCSCC1.OC(F)F.Oc1ccc2[nH]cc(CCN3CCCC3)c2c1. The zero-order valence-corrected chi connectivity index (χ0v) is 16.5. The van der Waals surface area contributed by atoms with Gasteiger partial charge in [0.2, 0.25) is 0 Å². The van der Waals surface area contributed by atoms with Crippen molar-refractivity contribution in [2.75, 3.05) is 31.1 Å².